The number of anilines is 1. The molecule has 0 saturated heterocycles. The highest BCUT2D eigenvalue weighted by Gasteiger charge is 2.20. The van der Waals surface area contributed by atoms with E-state index in [4.69, 9.17) is 4.98 Å². The van der Waals surface area contributed by atoms with Crippen molar-refractivity contribution in [3.05, 3.63) is 41.5 Å². The van der Waals surface area contributed by atoms with Crippen LogP contribution in [0.5, 0.6) is 0 Å². The molecule has 0 aromatic carbocycles. The summed E-state index contributed by atoms with van der Waals surface area (Å²) in [6.45, 7) is 0. The van der Waals surface area contributed by atoms with Crippen LogP contribution in [-0.2, 0) is 0 Å². The lowest BCUT2D eigenvalue weighted by molar-refractivity contribution is 0.461. The van der Waals surface area contributed by atoms with E-state index >= 15 is 0 Å². The zero-order valence-corrected chi connectivity index (χ0v) is 14.3. The Kier molecular flexibility index (Phi) is 3.99. The van der Waals surface area contributed by atoms with Crippen molar-refractivity contribution >= 4 is 27.4 Å². The molecule has 3 aromatic rings. The highest BCUT2D eigenvalue weighted by Crippen LogP contribution is 2.34. The summed E-state index contributed by atoms with van der Waals surface area (Å²) >= 11 is 3.55. The Hall–Kier alpha value is -1.95. The van der Waals surface area contributed by atoms with Gasteiger partial charge in [-0.2, -0.15) is 0 Å². The Morgan fingerprint density at radius 2 is 2.04 bits per heavy atom. The molecular weight excluding hydrogens is 354 g/mol. The summed E-state index contributed by atoms with van der Waals surface area (Å²) in [5.74, 6) is 1.03. The Morgan fingerprint density at radius 1 is 1.17 bits per heavy atom. The Morgan fingerprint density at radius 3 is 2.87 bits per heavy atom. The molecule has 5 nitrogen and oxygen atoms in total. The summed E-state index contributed by atoms with van der Waals surface area (Å²) in [5.41, 5.74) is 2.76. The van der Waals surface area contributed by atoms with Gasteiger partial charge in [-0.3, -0.25) is 9.38 Å². The van der Waals surface area contributed by atoms with Crippen molar-refractivity contribution in [1.82, 2.24) is 19.4 Å². The Labute approximate surface area is 143 Å². The number of fused-ring (bicyclic) bond motifs is 1. The molecule has 0 radical (unpaired) electrons. The fraction of sp³-hybridized carbons (Fsp3) is 0.353. The molecule has 0 bridgehead atoms. The largest absolute Gasteiger partial charge is 0.367 e. The fourth-order valence-corrected chi connectivity index (χ4v) is 3.67. The maximum Gasteiger partial charge on any atom is 0.157 e. The minimum atomic E-state index is 0.506. The van der Waals surface area contributed by atoms with Gasteiger partial charge in [0.2, 0.25) is 0 Å². The van der Waals surface area contributed by atoms with Crippen LogP contribution in [-0.4, -0.2) is 25.4 Å². The number of halogens is 1. The first-order valence-electron chi connectivity index (χ1n) is 8.02. The molecule has 1 aliphatic carbocycles. The summed E-state index contributed by atoms with van der Waals surface area (Å²) < 4.78 is 2.89. The fourth-order valence-electron chi connectivity index (χ4n) is 3.24. The maximum atomic E-state index is 4.78. The van der Waals surface area contributed by atoms with Crippen LogP contribution >= 0.6 is 15.9 Å². The SMILES string of the molecule is Brc1ncccc1-c1nc2cnccn2c1NC1CCCCC1. The molecule has 1 aliphatic rings. The summed E-state index contributed by atoms with van der Waals surface area (Å²) in [6.07, 6.45) is 13.7. The number of nitrogens with one attached hydrogen (secondary N) is 1. The lowest BCUT2D eigenvalue weighted by atomic mass is 9.95. The van der Waals surface area contributed by atoms with Gasteiger partial charge in [0.15, 0.2) is 5.65 Å². The van der Waals surface area contributed by atoms with Crippen molar-refractivity contribution in [2.75, 3.05) is 5.32 Å². The van der Waals surface area contributed by atoms with Gasteiger partial charge >= 0.3 is 0 Å². The van der Waals surface area contributed by atoms with Crippen LogP contribution in [0.4, 0.5) is 5.82 Å². The molecular formula is C17H18BrN5. The number of aromatic nitrogens is 4. The first-order valence-corrected chi connectivity index (χ1v) is 8.82. The van der Waals surface area contributed by atoms with Gasteiger partial charge in [-0.1, -0.05) is 19.3 Å². The van der Waals surface area contributed by atoms with E-state index in [2.05, 4.69) is 35.6 Å². The normalized spacial score (nSPS) is 15.9. The number of imidazole rings is 1. The second kappa shape index (κ2) is 6.28. The topological polar surface area (TPSA) is 55.1 Å². The van der Waals surface area contributed by atoms with Crippen LogP contribution in [0.3, 0.4) is 0 Å². The lowest BCUT2D eigenvalue weighted by Gasteiger charge is -2.24. The summed E-state index contributed by atoms with van der Waals surface area (Å²) in [7, 11) is 0. The van der Waals surface area contributed by atoms with E-state index in [1.54, 1.807) is 18.6 Å². The molecule has 1 saturated carbocycles. The van der Waals surface area contributed by atoms with Crippen LogP contribution < -0.4 is 5.32 Å². The molecule has 0 atom stereocenters. The predicted octanol–water partition coefficient (Wildman–Crippen LogP) is 4.30. The highest BCUT2D eigenvalue weighted by atomic mass is 79.9. The van der Waals surface area contributed by atoms with Gasteiger partial charge in [-0.25, -0.2) is 9.97 Å². The third-order valence-electron chi connectivity index (χ3n) is 4.39. The van der Waals surface area contributed by atoms with Crippen molar-refractivity contribution < 1.29 is 0 Å². The monoisotopic (exact) mass is 371 g/mol. The minimum Gasteiger partial charge on any atom is -0.367 e. The standard InChI is InChI=1S/C17H18BrN5/c18-16-13(7-4-8-20-16)15-17(21-12-5-2-1-3-6-12)23-10-9-19-11-14(23)22-15/h4,7-12,21H,1-3,5-6H2. The van der Waals surface area contributed by atoms with Gasteiger partial charge in [-0.05, 0) is 40.9 Å². The maximum absolute atomic E-state index is 4.78. The second-order valence-electron chi connectivity index (χ2n) is 5.93. The smallest absolute Gasteiger partial charge is 0.157 e. The molecule has 4 rings (SSSR count). The second-order valence-corrected chi connectivity index (χ2v) is 6.69. The molecule has 3 aromatic heterocycles. The zero-order valence-electron chi connectivity index (χ0n) is 12.7. The molecule has 23 heavy (non-hydrogen) atoms. The third kappa shape index (κ3) is 2.83. The van der Waals surface area contributed by atoms with Crippen molar-refractivity contribution in [3.8, 4) is 11.3 Å². The third-order valence-corrected chi connectivity index (χ3v) is 5.02. The average molecular weight is 372 g/mol. The first kappa shape index (κ1) is 14.6. The van der Waals surface area contributed by atoms with Gasteiger partial charge in [0.25, 0.3) is 0 Å². The average Bonchev–Trinajstić information content (AvgIpc) is 2.95. The summed E-state index contributed by atoms with van der Waals surface area (Å²) in [4.78, 5) is 13.3. The zero-order chi connectivity index (χ0) is 15.6. The van der Waals surface area contributed by atoms with Gasteiger partial charge in [0.1, 0.15) is 16.1 Å². The van der Waals surface area contributed by atoms with E-state index in [9.17, 15) is 0 Å². The molecule has 6 heteroatoms. The Balaban J connectivity index is 1.83. The highest BCUT2D eigenvalue weighted by molar-refractivity contribution is 9.10. The molecule has 1 N–H and O–H groups in total. The van der Waals surface area contributed by atoms with Crippen LogP contribution in [0, 0.1) is 0 Å². The quantitative estimate of drug-likeness (QED) is 0.697. The molecule has 0 amide bonds. The lowest BCUT2D eigenvalue weighted by Crippen LogP contribution is -2.23. The van der Waals surface area contributed by atoms with Crippen molar-refractivity contribution in [3.63, 3.8) is 0 Å². The van der Waals surface area contributed by atoms with Gasteiger partial charge in [0.05, 0.1) is 6.20 Å². The van der Waals surface area contributed by atoms with Crippen LogP contribution in [0.25, 0.3) is 16.9 Å². The Bertz CT molecular complexity index is 823. The van der Waals surface area contributed by atoms with Crippen LogP contribution in [0.15, 0.2) is 41.5 Å². The molecule has 3 heterocycles. The summed E-state index contributed by atoms with van der Waals surface area (Å²) in [6, 6.07) is 4.48. The molecule has 0 unspecified atom stereocenters. The van der Waals surface area contributed by atoms with E-state index in [0.717, 1.165) is 27.3 Å². The van der Waals surface area contributed by atoms with Crippen molar-refractivity contribution in [2.45, 2.75) is 38.1 Å². The van der Waals surface area contributed by atoms with E-state index in [1.165, 1.54) is 32.1 Å². The van der Waals surface area contributed by atoms with Gasteiger partial charge < -0.3 is 5.32 Å². The number of nitrogens with zero attached hydrogens (tertiary/aromatic N) is 4. The van der Waals surface area contributed by atoms with Gasteiger partial charge in [-0.15, -0.1) is 0 Å². The first-order chi connectivity index (χ1) is 11.3. The minimum absolute atomic E-state index is 0.506. The molecule has 0 aliphatic heterocycles. The van der Waals surface area contributed by atoms with Crippen molar-refractivity contribution in [1.29, 1.82) is 0 Å². The number of hydrogen-bond donors (Lipinski definition) is 1. The number of rotatable bonds is 3. The predicted molar refractivity (Wildman–Crippen MR) is 94.4 cm³/mol. The number of hydrogen-bond acceptors (Lipinski definition) is 4. The molecule has 118 valence electrons. The molecule has 1 fully saturated rings. The van der Waals surface area contributed by atoms with E-state index in [0.29, 0.717) is 6.04 Å². The van der Waals surface area contributed by atoms with Gasteiger partial charge in [0, 0.05) is 30.2 Å². The van der Waals surface area contributed by atoms with E-state index < -0.39 is 0 Å². The van der Waals surface area contributed by atoms with Crippen LogP contribution in [0.2, 0.25) is 0 Å². The van der Waals surface area contributed by atoms with E-state index in [1.807, 2.05) is 18.3 Å². The number of pyridine rings is 1. The summed E-state index contributed by atoms with van der Waals surface area (Å²) in [5, 5.41) is 3.72. The van der Waals surface area contributed by atoms with Crippen molar-refractivity contribution in [2.24, 2.45) is 0 Å². The molecule has 0 spiro atoms. The van der Waals surface area contributed by atoms with E-state index in [-0.39, 0.29) is 0 Å². The van der Waals surface area contributed by atoms with Crippen LogP contribution in [0.1, 0.15) is 32.1 Å².